The van der Waals surface area contributed by atoms with Crippen LogP contribution in [0, 0.1) is 0 Å². The van der Waals surface area contributed by atoms with E-state index in [9.17, 15) is 4.79 Å². The molecule has 1 aromatic heterocycles. The minimum absolute atomic E-state index is 0.0325. The lowest BCUT2D eigenvalue weighted by Gasteiger charge is -2.34. The first-order chi connectivity index (χ1) is 10.8. The molecule has 1 amide bonds. The van der Waals surface area contributed by atoms with Crippen molar-refractivity contribution in [1.29, 1.82) is 0 Å². The highest BCUT2D eigenvalue weighted by Gasteiger charge is 2.23. The van der Waals surface area contributed by atoms with Gasteiger partial charge < -0.3 is 10.6 Å². The Balaban J connectivity index is 1.75. The fraction of sp³-hybridized carbons (Fsp3) is 0.333. The van der Waals surface area contributed by atoms with E-state index in [1.54, 1.807) is 12.2 Å². The third-order valence-electron chi connectivity index (χ3n) is 4.20. The number of benzene rings is 1. The minimum atomic E-state index is 0.0325. The Morgan fingerprint density at radius 1 is 1.27 bits per heavy atom. The molecule has 2 aromatic rings. The molecule has 0 radical (unpaired) electrons. The number of rotatable bonds is 3. The molecular formula is C18H21N3O. The molecular weight excluding hydrogens is 274 g/mol. The molecule has 0 bridgehead atoms. The Labute approximate surface area is 130 Å². The number of carbonyl (C=O) groups excluding carboxylic acids is 1. The number of pyridine rings is 1. The maximum atomic E-state index is 12.4. The standard InChI is InChI=1S/C18H21N3O/c19-13-16-6-3-4-12-21(16)18(22)11-10-15-9-8-14-5-1-2-7-17(14)20-15/h1-2,5,7-11,16H,3-4,6,12-13,19H2/b11-10+. The van der Waals surface area contributed by atoms with Crippen molar-refractivity contribution in [2.24, 2.45) is 5.73 Å². The second-order valence-electron chi connectivity index (χ2n) is 5.68. The lowest BCUT2D eigenvalue weighted by atomic mass is 10.0. The molecule has 2 N–H and O–H groups in total. The molecule has 4 nitrogen and oxygen atoms in total. The average molecular weight is 295 g/mol. The van der Waals surface area contributed by atoms with Crippen molar-refractivity contribution in [3.05, 3.63) is 48.2 Å². The van der Waals surface area contributed by atoms with E-state index in [1.165, 1.54) is 0 Å². The molecule has 1 atom stereocenters. The van der Waals surface area contributed by atoms with Crippen LogP contribution in [0.2, 0.25) is 0 Å². The van der Waals surface area contributed by atoms with E-state index in [4.69, 9.17) is 5.73 Å². The molecule has 3 rings (SSSR count). The lowest BCUT2D eigenvalue weighted by molar-refractivity contribution is -0.129. The minimum Gasteiger partial charge on any atom is -0.335 e. The van der Waals surface area contributed by atoms with Gasteiger partial charge in [-0.3, -0.25) is 4.79 Å². The van der Waals surface area contributed by atoms with E-state index in [2.05, 4.69) is 4.98 Å². The average Bonchev–Trinajstić information content (AvgIpc) is 2.59. The van der Waals surface area contributed by atoms with Crippen molar-refractivity contribution in [1.82, 2.24) is 9.88 Å². The number of aromatic nitrogens is 1. The Hall–Kier alpha value is -2.20. The molecule has 1 aliphatic rings. The summed E-state index contributed by atoms with van der Waals surface area (Å²) in [5.74, 6) is 0.0325. The van der Waals surface area contributed by atoms with E-state index < -0.39 is 0 Å². The van der Waals surface area contributed by atoms with E-state index in [-0.39, 0.29) is 11.9 Å². The number of fused-ring (bicyclic) bond motifs is 1. The largest absolute Gasteiger partial charge is 0.335 e. The van der Waals surface area contributed by atoms with Gasteiger partial charge in [0.15, 0.2) is 0 Å². The van der Waals surface area contributed by atoms with Gasteiger partial charge >= 0.3 is 0 Å². The van der Waals surface area contributed by atoms with Crippen LogP contribution in [0.15, 0.2) is 42.5 Å². The van der Waals surface area contributed by atoms with Gasteiger partial charge in [0.2, 0.25) is 5.91 Å². The molecule has 1 fully saturated rings. The van der Waals surface area contributed by atoms with Crippen molar-refractivity contribution < 1.29 is 4.79 Å². The zero-order valence-electron chi connectivity index (χ0n) is 12.6. The third-order valence-corrected chi connectivity index (χ3v) is 4.20. The first-order valence-electron chi connectivity index (χ1n) is 7.82. The van der Waals surface area contributed by atoms with Gasteiger partial charge in [0.05, 0.1) is 11.2 Å². The summed E-state index contributed by atoms with van der Waals surface area (Å²) in [7, 11) is 0. The van der Waals surface area contributed by atoms with Crippen LogP contribution in [-0.4, -0.2) is 34.9 Å². The van der Waals surface area contributed by atoms with Crippen molar-refractivity contribution >= 4 is 22.9 Å². The Bertz CT molecular complexity index is 696. The summed E-state index contributed by atoms with van der Waals surface area (Å²) in [6.07, 6.45) is 6.62. The Kier molecular flexibility index (Phi) is 4.49. The van der Waals surface area contributed by atoms with Crippen LogP contribution in [0.1, 0.15) is 25.0 Å². The van der Waals surface area contributed by atoms with E-state index >= 15 is 0 Å². The summed E-state index contributed by atoms with van der Waals surface area (Å²) >= 11 is 0. The zero-order valence-corrected chi connectivity index (χ0v) is 12.6. The number of amides is 1. The molecule has 1 aromatic carbocycles. The molecule has 1 unspecified atom stereocenters. The molecule has 0 aliphatic carbocycles. The zero-order chi connectivity index (χ0) is 15.4. The molecule has 4 heteroatoms. The topological polar surface area (TPSA) is 59.2 Å². The van der Waals surface area contributed by atoms with Gasteiger partial charge in [-0.25, -0.2) is 4.98 Å². The molecule has 2 heterocycles. The molecule has 0 saturated carbocycles. The quantitative estimate of drug-likeness (QED) is 0.885. The predicted octanol–water partition coefficient (Wildman–Crippen LogP) is 2.59. The first-order valence-corrected chi connectivity index (χ1v) is 7.82. The lowest BCUT2D eigenvalue weighted by Crippen LogP contribution is -2.46. The highest BCUT2D eigenvalue weighted by molar-refractivity contribution is 5.92. The molecule has 22 heavy (non-hydrogen) atoms. The number of piperidine rings is 1. The second kappa shape index (κ2) is 6.71. The van der Waals surface area contributed by atoms with Gasteiger partial charge in [0.1, 0.15) is 0 Å². The van der Waals surface area contributed by atoms with Gasteiger partial charge in [0.25, 0.3) is 0 Å². The third kappa shape index (κ3) is 3.17. The summed E-state index contributed by atoms with van der Waals surface area (Å²) < 4.78 is 0. The smallest absolute Gasteiger partial charge is 0.246 e. The van der Waals surface area contributed by atoms with Crippen LogP contribution < -0.4 is 5.73 Å². The fourth-order valence-corrected chi connectivity index (χ4v) is 2.96. The predicted molar refractivity (Wildman–Crippen MR) is 89.2 cm³/mol. The van der Waals surface area contributed by atoms with Crippen molar-refractivity contribution in [3.8, 4) is 0 Å². The van der Waals surface area contributed by atoms with E-state index in [1.807, 2.05) is 41.3 Å². The highest BCUT2D eigenvalue weighted by atomic mass is 16.2. The van der Waals surface area contributed by atoms with Crippen LogP contribution in [0.5, 0.6) is 0 Å². The van der Waals surface area contributed by atoms with Crippen LogP contribution in [0.25, 0.3) is 17.0 Å². The number of carbonyl (C=O) groups is 1. The second-order valence-corrected chi connectivity index (χ2v) is 5.68. The van der Waals surface area contributed by atoms with Gasteiger partial charge in [0, 0.05) is 30.6 Å². The van der Waals surface area contributed by atoms with Crippen molar-refractivity contribution in [2.45, 2.75) is 25.3 Å². The molecule has 1 aliphatic heterocycles. The number of hydrogen-bond acceptors (Lipinski definition) is 3. The maximum absolute atomic E-state index is 12.4. The summed E-state index contributed by atoms with van der Waals surface area (Å²) in [5, 5.41) is 1.10. The SMILES string of the molecule is NCC1CCCCN1C(=O)/C=C/c1ccc2ccccc2n1. The fourth-order valence-electron chi connectivity index (χ4n) is 2.96. The highest BCUT2D eigenvalue weighted by Crippen LogP contribution is 2.17. The van der Waals surface area contributed by atoms with Crippen LogP contribution in [0.3, 0.4) is 0 Å². The molecule has 1 saturated heterocycles. The van der Waals surface area contributed by atoms with E-state index in [0.717, 1.165) is 42.4 Å². The maximum Gasteiger partial charge on any atom is 0.246 e. The number of nitrogens with two attached hydrogens (primary N) is 1. The first kappa shape index (κ1) is 14.7. The molecule has 0 spiro atoms. The van der Waals surface area contributed by atoms with Crippen LogP contribution >= 0.6 is 0 Å². The Morgan fingerprint density at radius 2 is 2.14 bits per heavy atom. The van der Waals surface area contributed by atoms with Gasteiger partial charge in [-0.05, 0) is 37.5 Å². The summed E-state index contributed by atoms with van der Waals surface area (Å²) in [6.45, 7) is 1.34. The Morgan fingerprint density at radius 3 is 3.00 bits per heavy atom. The number of likely N-dealkylation sites (tertiary alicyclic amines) is 1. The van der Waals surface area contributed by atoms with Crippen molar-refractivity contribution in [2.75, 3.05) is 13.1 Å². The van der Waals surface area contributed by atoms with Crippen LogP contribution in [0.4, 0.5) is 0 Å². The van der Waals surface area contributed by atoms with Gasteiger partial charge in [-0.2, -0.15) is 0 Å². The van der Waals surface area contributed by atoms with Gasteiger partial charge in [-0.15, -0.1) is 0 Å². The summed E-state index contributed by atoms with van der Waals surface area (Å²) in [6, 6.07) is 12.1. The number of nitrogens with zero attached hydrogens (tertiary/aromatic N) is 2. The van der Waals surface area contributed by atoms with Crippen LogP contribution in [-0.2, 0) is 4.79 Å². The summed E-state index contributed by atoms with van der Waals surface area (Å²) in [4.78, 5) is 18.8. The number of hydrogen-bond donors (Lipinski definition) is 1. The normalized spacial score (nSPS) is 19.0. The van der Waals surface area contributed by atoms with E-state index in [0.29, 0.717) is 6.54 Å². The van der Waals surface area contributed by atoms with Crippen molar-refractivity contribution in [3.63, 3.8) is 0 Å². The monoisotopic (exact) mass is 295 g/mol. The summed E-state index contributed by atoms with van der Waals surface area (Å²) in [5.41, 5.74) is 7.51. The molecule has 114 valence electrons. The van der Waals surface area contributed by atoms with Gasteiger partial charge in [-0.1, -0.05) is 24.3 Å². The number of para-hydroxylation sites is 1.